The Balaban J connectivity index is 2.82. The van der Waals surface area contributed by atoms with Gasteiger partial charge in [0.15, 0.2) is 0 Å². The highest BCUT2D eigenvalue weighted by Crippen LogP contribution is 2.12. The summed E-state index contributed by atoms with van der Waals surface area (Å²) < 4.78 is 27.0. The van der Waals surface area contributed by atoms with E-state index in [0.717, 1.165) is 0 Å². The molecule has 0 fully saturated rings. The Kier molecular flexibility index (Phi) is 6.00. The van der Waals surface area contributed by atoms with Crippen molar-refractivity contribution in [2.24, 2.45) is 5.73 Å². The fourth-order valence-electron chi connectivity index (χ4n) is 1.48. The molecule has 1 rings (SSSR count). The van der Waals surface area contributed by atoms with Gasteiger partial charge >= 0.3 is 0 Å². The van der Waals surface area contributed by atoms with Crippen LogP contribution in [-0.4, -0.2) is 49.5 Å². The van der Waals surface area contributed by atoms with Crippen LogP contribution in [0.2, 0.25) is 0 Å². The molecule has 0 spiro atoms. The summed E-state index contributed by atoms with van der Waals surface area (Å²) in [6.45, 7) is 5.00. The van der Waals surface area contributed by atoms with Gasteiger partial charge in [-0.25, -0.2) is 13.1 Å². The number of hydrogen-bond donors (Lipinski definition) is 2. The Hall–Kier alpha value is -1.09. The zero-order valence-electron chi connectivity index (χ0n) is 11.8. The summed E-state index contributed by atoms with van der Waals surface area (Å²) in [5.41, 5.74) is 5.61. The quantitative estimate of drug-likeness (QED) is 0.705. The second kappa shape index (κ2) is 7.07. The van der Waals surface area contributed by atoms with E-state index in [2.05, 4.69) is 9.71 Å². The molecule has 1 aromatic heterocycles. The van der Waals surface area contributed by atoms with E-state index in [4.69, 9.17) is 18.0 Å². The molecule has 0 atom stereocenters. The number of nitrogens with two attached hydrogens (primary N) is 1. The third kappa shape index (κ3) is 4.48. The van der Waals surface area contributed by atoms with E-state index in [0.29, 0.717) is 19.1 Å². The molecule has 0 amide bonds. The minimum atomic E-state index is -3.66. The van der Waals surface area contributed by atoms with Gasteiger partial charge in [0.2, 0.25) is 10.0 Å². The summed E-state index contributed by atoms with van der Waals surface area (Å²) in [5.74, 6) is 0. The molecule has 112 valence electrons. The average molecular weight is 316 g/mol. The minimum absolute atomic E-state index is 0.0136. The van der Waals surface area contributed by atoms with Crippen molar-refractivity contribution in [1.29, 1.82) is 0 Å². The highest BCUT2D eigenvalue weighted by Gasteiger charge is 2.20. The number of rotatable bonds is 7. The molecule has 1 aromatic rings. The number of nitrogens with zero attached hydrogens (tertiary/aromatic N) is 2. The van der Waals surface area contributed by atoms with Crippen LogP contribution in [0.25, 0.3) is 0 Å². The van der Waals surface area contributed by atoms with Gasteiger partial charge in [-0.1, -0.05) is 12.2 Å². The average Bonchev–Trinajstić information content (AvgIpc) is 2.38. The van der Waals surface area contributed by atoms with Crippen molar-refractivity contribution in [2.45, 2.75) is 24.8 Å². The molecular formula is C12H20N4O2S2. The number of sulfonamides is 1. The van der Waals surface area contributed by atoms with Crippen molar-refractivity contribution < 1.29 is 8.42 Å². The van der Waals surface area contributed by atoms with Gasteiger partial charge in [-0.3, -0.25) is 4.98 Å². The van der Waals surface area contributed by atoms with Crippen LogP contribution in [0.1, 0.15) is 19.5 Å². The maximum absolute atomic E-state index is 12.2. The second-order valence-electron chi connectivity index (χ2n) is 4.69. The third-order valence-electron chi connectivity index (χ3n) is 2.93. The predicted octanol–water partition coefficient (Wildman–Crippen LogP) is 0.334. The molecular weight excluding hydrogens is 296 g/mol. The van der Waals surface area contributed by atoms with Crippen LogP contribution >= 0.6 is 12.2 Å². The van der Waals surface area contributed by atoms with Crippen LogP contribution in [0.4, 0.5) is 0 Å². The molecule has 6 nitrogen and oxygen atoms in total. The Labute approximate surface area is 125 Å². The van der Waals surface area contributed by atoms with Crippen LogP contribution in [0.3, 0.4) is 0 Å². The highest BCUT2D eigenvalue weighted by atomic mass is 32.2. The van der Waals surface area contributed by atoms with Gasteiger partial charge in [-0.2, -0.15) is 0 Å². The molecule has 0 bridgehead atoms. The number of aromatic nitrogens is 1. The van der Waals surface area contributed by atoms with Crippen LogP contribution in [0.15, 0.2) is 23.2 Å². The molecule has 1 heterocycles. The Morgan fingerprint density at radius 2 is 2.20 bits per heavy atom. The first-order valence-electron chi connectivity index (χ1n) is 6.20. The van der Waals surface area contributed by atoms with Crippen LogP contribution < -0.4 is 10.5 Å². The first-order chi connectivity index (χ1) is 9.25. The molecule has 20 heavy (non-hydrogen) atoms. The molecule has 0 aliphatic carbocycles. The summed E-state index contributed by atoms with van der Waals surface area (Å²) in [6, 6.07) is 3.33. The predicted molar refractivity (Wildman–Crippen MR) is 83.1 cm³/mol. The summed E-state index contributed by atoms with van der Waals surface area (Å²) in [4.78, 5) is 5.94. The zero-order chi connectivity index (χ0) is 15.3. The van der Waals surface area contributed by atoms with Crippen molar-refractivity contribution >= 4 is 27.2 Å². The molecule has 3 N–H and O–H groups in total. The van der Waals surface area contributed by atoms with Crippen molar-refractivity contribution in [3.63, 3.8) is 0 Å². The topological polar surface area (TPSA) is 88.3 Å². The largest absolute Gasteiger partial charge is 0.388 e. The van der Waals surface area contributed by atoms with Gasteiger partial charge in [0.1, 0.15) is 15.6 Å². The van der Waals surface area contributed by atoms with E-state index in [1.165, 1.54) is 18.3 Å². The summed E-state index contributed by atoms with van der Waals surface area (Å²) in [5, 5.41) is 0. The maximum Gasteiger partial charge on any atom is 0.242 e. The minimum Gasteiger partial charge on any atom is -0.388 e. The molecule has 0 aliphatic heterocycles. The van der Waals surface area contributed by atoms with Crippen LogP contribution in [-0.2, 0) is 10.0 Å². The van der Waals surface area contributed by atoms with Gasteiger partial charge in [0, 0.05) is 25.3 Å². The summed E-state index contributed by atoms with van der Waals surface area (Å²) in [7, 11) is -1.73. The molecule has 0 unspecified atom stereocenters. The smallest absolute Gasteiger partial charge is 0.242 e. The monoisotopic (exact) mass is 316 g/mol. The lowest BCUT2D eigenvalue weighted by Crippen LogP contribution is -2.36. The number of nitrogens with one attached hydrogen (secondary N) is 1. The normalized spacial score (nSPS) is 12.1. The van der Waals surface area contributed by atoms with E-state index in [1.807, 2.05) is 25.8 Å². The molecule has 0 saturated heterocycles. The third-order valence-corrected chi connectivity index (χ3v) is 4.62. The number of hydrogen-bond acceptors (Lipinski definition) is 5. The Morgan fingerprint density at radius 1 is 1.55 bits per heavy atom. The summed E-state index contributed by atoms with van der Waals surface area (Å²) in [6.07, 6.45) is 1.46. The lowest BCUT2D eigenvalue weighted by Gasteiger charge is -2.21. The Bertz CT molecular complexity index is 573. The standard InChI is InChI=1S/C12H20N4O2S2/c1-9(2)16(3)8-7-15-20(17,18)10-5-4-6-14-11(10)12(13)19/h4-6,9,15H,7-8H2,1-3H3,(H2,13,19). The van der Waals surface area contributed by atoms with Crippen molar-refractivity contribution in [3.05, 3.63) is 24.0 Å². The van der Waals surface area contributed by atoms with Crippen molar-refractivity contribution in [3.8, 4) is 0 Å². The highest BCUT2D eigenvalue weighted by molar-refractivity contribution is 7.89. The van der Waals surface area contributed by atoms with E-state index >= 15 is 0 Å². The zero-order valence-corrected chi connectivity index (χ0v) is 13.5. The molecule has 0 saturated carbocycles. The fraction of sp³-hybridized carbons (Fsp3) is 0.500. The van der Waals surface area contributed by atoms with E-state index in [9.17, 15) is 8.42 Å². The SMILES string of the molecule is CC(C)N(C)CCNS(=O)(=O)c1cccnc1C(N)=S. The number of thiocarbonyl (C=S) groups is 1. The van der Waals surface area contributed by atoms with Crippen LogP contribution in [0.5, 0.6) is 0 Å². The van der Waals surface area contributed by atoms with Gasteiger partial charge in [-0.15, -0.1) is 0 Å². The molecule has 0 aliphatic rings. The van der Waals surface area contributed by atoms with Crippen LogP contribution in [0, 0.1) is 0 Å². The van der Waals surface area contributed by atoms with Gasteiger partial charge in [-0.05, 0) is 33.0 Å². The van der Waals surface area contributed by atoms with Crippen molar-refractivity contribution in [1.82, 2.24) is 14.6 Å². The molecule has 0 aromatic carbocycles. The first kappa shape index (κ1) is 17.0. The molecule has 8 heteroatoms. The lowest BCUT2D eigenvalue weighted by molar-refractivity contribution is 0.278. The number of pyridine rings is 1. The number of likely N-dealkylation sites (N-methyl/N-ethyl adjacent to an activating group) is 1. The van der Waals surface area contributed by atoms with E-state index in [1.54, 1.807) is 0 Å². The van der Waals surface area contributed by atoms with Gasteiger partial charge in [0.25, 0.3) is 0 Å². The van der Waals surface area contributed by atoms with E-state index < -0.39 is 10.0 Å². The lowest BCUT2D eigenvalue weighted by atomic mass is 10.3. The Morgan fingerprint density at radius 3 is 2.75 bits per heavy atom. The maximum atomic E-state index is 12.2. The molecule has 0 radical (unpaired) electrons. The van der Waals surface area contributed by atoms with E-state index in [-0.39, 0.29) is 15.6 Å². The first-order valence-corrected chi connectivity index (χ1v) is 8.09. The second-order valence-corrected chi connectivity index (χ2v) is 6.86. The summed E-state index contributed by atoms with van der Waals surface area (Å²) >= 11 is 4.82. The van der Waals surface area contributed by atoms with Gasteiger partial charge < -0.3 is 10.6 Å². The fourth-order valence-corrected chi connectivity index (χ4v) is 2.90. The van der Waals surface area contributed by atoms with Crippen molar-refractivity contribution in [2.75, 3.05) is 20.1 Å². The van der Waals surface area contributed by atoms with Gasteiger partial charge in [0.05, 0.1) is 0 Å².